The molecule has 0 fully saturated rings. The van der Waals surface area contributed by atoms with Crippen molar-refractivity contribution in [1.29, 1.82) is 0 Å². The van der Waals surface area contributed by atoms with Crippen molar-refractivity contribution >= 4 is 28.2 Å². The summed E-state index contributed by atoms with van der Waals surface area (Å²) in [6, 6.07) is 5.38. The molecule has 2 aromatic rings. The molecule has 0 bridgehead atoms. The van der Waals surface area contributed by atoms with Crippen molar-refractivity contribution in [1.82, 2.24) is 15.2 Å². The summed E-state index contributed by atoms with van der Waals surface area (Å²) in [4.78, 5) is 17.6. The van der Waals surface area contributed by atoms with E-state index in [9.17, 15) is 4.79 Å². The van der Waals surface area contributed by atoms with Gasteiger partial charge in [-0.2, -0.15) is 0 Å². The Labute approximate surface area is 102 Å². The zero-order valence-electron chi connectivity index (χ0n) is 9.41. The van der Waals surface area contributed by atoms with E-state index in [-0.39, 0.29) is 5.91 Å². The molecule has 2 aromatic heterocycles. The Hall–Kier alpha value is -2.02. The van der Waals surface area contributed by atoms with Crippen molar-refractivity contribution in [2.45, 2.75) is 0 Å². The summed E-state index contributed by atoms with van der Waals surface area (Å²) < 4.78 is 0. The van der Waals surface area contributed by atoms with Crippen LogP contribution in [-0.4, -0.2) is 35.2 Å². The summed E-state index contributed by atoms with van der Waals surface area (Å²) in [6.45, 7) is 0. The van der Waals surface area contributed by atoms with Crippen LogP contribution in [0.25, 0.3) is 0 Å². The average molecular weight is 249 g/mol. The second-order valence-electron chi connectivity index (χ2n) is 3.21. The van der Waals surface area contributed by atoms with E-state index in [0.717, 1.165) is 0 Å². The van der Waals surface area contributed by atoms with E-state index in [1.807, 2.05) is 6.07 Å². The third-order valence-corrected chi connectivity index (χ3v) is 3.05. The van der Waals surface area contributed by atoms with Crippen LogP contribution in [-0.2, 0) is 0 Å². The number of carbonyl (C=O) groups excluding carboxylic acids is 1. The van der Waals surface area contributed by atoms with Gasteiger partial charge in [0.25, 0.3) is 5.91 Å². The molecule has 0 spiro atoms. The quantitative estimate of drug-likeness (QED) is 0.886. The molecule has 0 saturated heterocycles. The highest BCUT2D eigenvalue weighted by atomic mass is 32.1. The van der Waals surface area contributed by atoms with Gasteiger partial charge in [-0.3, -0.25) is 9.69 Å². The van der Waals surface area contributed by atoms with Gasteiger partial charge >= 0.3 is 0 Å². The van der Waals surface area contributed by atoms with Gasteiger partial charge in [0.15, 0.2) is 0 Å². The predicted molar refractivity (Wildman–Crippen MR) is 66.4 cm³/mol. The van der Waals surface area contributed by atoms with Gasteiger partial charge in [0.1, 0.15) is 5.82 Å². The molecule has 0 aliphatic carbocycles. The van der Waals surface area contributed by atoms with Crippen molar-refractivity contribution in [2.24, 2.45) is 0 Å². The number of nitrogens with one attached hydrogen (secondary N) is 1. The van der Waals surface area contributed by atoms with Crippen LogP contribution in [0.4, 0.5) is 10.9 Å². The van der Waals surface area contributed by atoms with Crippen LogP contribution in [0.15, 0.2) is 24.4 Å². The number of nitrogens with zero attached hydrogens (tertiary/aromatic N) is 4. The number of anilines is 2. The Bertz CT molecular complexity index is 512. The smallest absolute Gasteiger partial charge is 0.290 e. The Morgan fingerprint density at radius 3 is 2.82 bits per heavy atom. The summed E-state index contributed by atoms with van der Waals surface area (Å²) in [5, 5.41) is 11.4. The van der Waals surface area contributed by atoms with Crippen LogP contribution in [0.2, 0.25) is 0 Å². The van der Waals surface area contributed by atoms with Gasteiger partial charge in [-0.15, -0.1) is 10.2 Å². The molecule has 0 radical (unpaired) electrons. The van der Waals surface area contributed by atoms with Crippen molar-refractivity contribution in [3.8, 4) is 0 Å². The maximum atomic E-state index is 12.0. The first-order valence-electron chi connectivity index (χ1n) is 4.92. The summed E-state index contributed by atoms with van der Waals surface area (Å²) >= 11 is 1.21. The molecule has 2 rings (SSSR count). The third-order valence-electron chi connectivity index (χ3n) is 2.12. The maximum Gasteiger partial charge on any atom is 0.290 e. The fraction of sp³-hybridized carbons (Fsp3) is 0.200. The topological polar surface area (TPSA) is 71.0 Å². The number of pyridine rings is 1. The standard InChI is InChI=1S/C10H11N5OS/c1-11-10-14-13-8(17-10)9(16)15(2)7-5-3-4-6-12-7/h3-6H,1-2H3,(H,11,14). The zero-order chi connectivity index (χ0) is 12.3. The minimum atomic E-state index is -0.220. The maximum absolute atomic E-state index is 12.0. The first kappa shape index (κ1) is 11.5. The van der Waals surface area contributed by atoms with Crippen LogP contribution in [0.3, 0.4) is 0 Å². The normalized spacial score (nSPS) is 10.0. The highest BCUT2D eigenvalue weighted by Crippen LogP contribution is 2.18. The molecule has 1 N–H and O–H groups in total. The minimum Gasteiger partial charge on any atom is -0.363 e. The fourth-order valence-corrected chi connectivity index (χ4v) is 1.88. The fourth-order valence-electron chi connectivity index (χ4n) is 1.21. The third kappa shape index (κ3) is 2.39. The number of amides is 1. The monoisotopic (exact) mass is 249 g/mol. The summed E-state index contributed by atoms with van der Waals surface area (Å²) in [7, 11) is 3.39. The van der Waals surface area contributed by atoms with Crippen LogP contribution in [0.5, 0.6) is 0 Å². The number of hydrogen-bond donors (Lipinski definition) is 1. The lowest BCUT2D eigenvalue weighted by atomic mass is 10.4. The highest BCUT2D eigenvalue weighted by Gasteiger charge is 2.18. The molecule has 0 unspecified atom stereocenters. The molecule has 7 heteroatoms. The summed E-state index contributed by atoms with van der Waals surface area (Å²) in [5.74, 6) is 0.362. The Balaban J connectivity index is 2.20. The zero-order valence-corrected chi connectivity index (χ0v) is 10.2. The second-order valence-corrected chi connectivity index (χ2v) is 4.19. The number of rotatable bonds is 3. The second kappa shape index (κ2) is 4.88. The van der Waals surface area contributed by atoms with Crippen molar-refractivity contribution in [3.63, 3.8) is 0 Å². The van der Waals surface area contributed by atoms with Gasteiger partial charge in [-0.1, -0.05) is 17.4 Å². The minimum absolute atomic E-state index is 0.220. The molecule has 0 aliphatic heterocycles. The molecule has 0 aliphatic rings. The van der Waals surface area contributed by atoms with E-state index in [1.54, 1.807) is 32.4 Å². The molecular weight excluding hydrogens is 238 g/mol. The van der Waals surface area contributed by atoms with E-state index in [2.05, 4.69) is 20.5 Å². The first-order chi connectivity index (χ1) is 8.22. The molecule has 2 heterocycles. The largest absolute Gasteiger partial charge is 0.363 e. The molecule has 0 atom stereocenters. The van der Waals surface area contributed by atoms with Gasteiger partial charge in [0, 0.05) is 20.3 Å². The Morgan fingerprint density at radius 1 is 1.41 bits per heavy atom. The highest BCUT2D eigenvalue weighted by molar-refractivity contribution is 7.17. The lowest BCUT2D eigenvalue weighted by Crippen LogP contribution is -2.26. The predicted octanol–water partition coefficient (Wildman–Crippen LogP) is 1.25. The summed E-state index contributed by atoms with van der Waals surface area (Å²) in [6.07, 6.45) is 1.64. The van der Waals surface area contributed by atoms with Gasteiger partial charge in [-0.25, -0.2) is 4.98 Å². The lowest BCUT2D eigenvalue weighted by Gasteiger charge is -2.13. The number of carbonyl (C=O) groups is 1. The van der Waals surface area contributed by atoms with E-state index < -0.39 is 0 Å². The van der Waals surface area contributed by atoms with E-state index >= 15 is 0 Å². The Morgan fingerprint density at radius 2 is 2.24 bits per heavy atom. The van der Waals surface area contributed by atoms with Crippen molar-refractivity contribution < 1.29 is 4.79 Å². The van der Waals surface area contributed by atoms with E-state index in [1.165, 1.54) is 16.2 Å². The SMILES string of the molecule is CNc1nnc(C(=O)N(C)c2ccccn2)s1. The average Bonchev–Trinajstić information content (AvgIpc) is 2.87. The lowest BCUT2D eigenvalue weighted by molar-refractivity contribution is 0.0991. The van der Waals surface area contributed by atoms with Crippen LogP contribution in [0, 0.1) is 0 Å². The molecule has 17 heavy (non-hydrogen) atoms. The molecular formula is C10H11N5OS. The van der Waals surface area contributed by atoms with Crippen LogP contribution in [0.1, 0.15) is 9.80 Å². The van der Waals surface area contributed by atoms with E-state index in [0.29, 0.717) is 16.0 Å². The number of hydrogen-bond acceptors (Lipinski definition) is 6. The van der Waals surface area contributed by atoms with Gasteiger partial charge in [0.2, 0.25) is 10.1 Å². The number of aromatic nitrogens is 3. The van der Waals surface area contributed by atoms with Gasteiger partial charge < -0.3 is 5.32 Å². The van der Waals surface area contributed by atoms with Crippen molar-refractivity contribution in [3.05, 3.63) is 29.4 Å². The summed E-state index contributed by atoms with van der Waals surface area (Å²) in [5.41, 5.74) is 0. The molecule has 6 nitrogen and oxygen atoms in total. The molecule has 88 valence electrons. The van der Waals surface area contributed by atoms with Crippen LogP contribution < -0.4 is 10.2 Å². The van der Waals surface area contributed by atoms with Gasteiger partial charge in [-0.05, 0) is 12.1 Å². The van der Waals surface area contributed by atoms with Gasteiger partial charge in [0.05, 0.1) is 0 Å². The molecule has 0 saturated carbocycles. The van der Waals surface area contributed by atoms with Crippen LogP contribution >= 0.6 is 11.3 Å². The van der Waals surface area contributed by atoms with E-state index in [4.69, 9.17) is 0 Å². The molecule has 0 aromatic carbocycles. The molecule has 1 amide bonds. The van der Waals surface area contributed by atoms with Crippen molar-refractivity contribution in [2.75, 3.05) is 24.3 Å². The first-order valence-corrected chi connectivity index (χ1v) is 5.74. The Kier molecular flexibility index (Phi) is 3.29.